The van der Waals surface area contributed by atoms with Crippen molar-refractivity contribution in [3.8, 4) is 5.75 Å². The first-order valence-corrected chi connectivity index (χ1v) is 10.9. The molecule has 0 atom stereocenters. The van der Waals surface area contributed by atoms with Crippen LogP contribution in [-0.2, 0) is 14.8 Å². The van der Waals surface area contributed by atoms with Crippen LogP contribution in [0.1, 0.15) is 41.0 Å². The summed E-state index contributed by atoms with van der Waals surface area (Å²) in [6.45, 7) is 12.2. The lowest BCUT2D eigenvalue weighted by Gasteiger charge is -2.30. The topological polar surface area (TPSA) is 87.7 Å². The van der Waals surface area contributed by atoms with E-state index in [1.54, 1.807) is 12.1 Å². The molecular formula is C19H33N3O4S. The minimum atomic E-state index is -3.64. The molecule has 0 aliphatic rings. The summed E-state index contributed by atoms with van der Waals surface area (Å²) in [5.74, 6) is 0.449. The average molecular weight is 400 g/mol. The van der Waals surface area contributed by atoms with Gasteiger partial charge in [-0.25, -0.2) is 13.1 Å². The van der Waals surface area contributed by atoms with Crippen LogP contribution >= 0.6 is 0 Å². The summed E-state index contributed by atoms with van der Waals surface area (Å²) in [7, 11) is -3.64. The number of nitrogens with one attached hydrogen (secondary N) is 2. The molecule has 0 fully saturated rings. The summed E-state index contributed by atoms with van der Waals surface area (Å²) >= 11 is 0. The lowest BCUT2D eigenvalue weighted by Crippen LogP contribution is -2.42. The highest BCUT2D eigenvalue weighted by Gasteiger charge is 2.15. The number of ether oxygens (including phenoxy) is 1. The summed E-state index contributed by atoms with van der Waals surface area (Å²) in [5, 5.41) is 2.84. The molecule has 8 heteroatoms. The molecule has 1 aromatic rings. The molecule has 1 rings (SSSR count). The quantitative estimate of drug-likeness (QED) is 0.561. The Morgan fingerprint density at radius 2 is 1.67 bits per heavy atom. The van der Waals surface area contributed by atoms with Crippen LogP contribution in [-0.4, -0.2) is 57.5 Å². The second kappa shape index (κ2) is 11.3. The maximum Gasteiger partial charge on any atom is 0.240 e. The lowest BCUT2D eigenvalue weighted by molar-refractivity contribution is -0.121. The van der Waals surface area contributed by atoms with Gasteiger partial charge in [0.2, 0.25) is 15.9 Å². The Morgan fingerprint density at radius 1 is 1.07 bits per heavy atom. The number of hydrogen-bond acceptors (Lipinski definition) is 5. The summed E-state index contributed by atoms with van der Waals surface area (Å²) in [6, 6.07) is 7.00. The van der Waals surface area contributed by atoms with Gasteiger partial charge in [-0.3, -0.25) is 9.69 Å². The molecule has 0 aliphatic carbocycles. The van der Waals surface area contributed by atoms with Crippen LogP contribution < -0.4 is 14.8 Å². The number of nitrogens with zero attached hydrogens (tertiary/aromatic N) is 1. The van der Waals surface area contributed by atoms with Crippen molar-refractivity contribution in [2.75, 3.05) is 26.2 Å². The second-order valence-corrected chi connectivity index (χ2v) is 8.59. The van der Waals surface area contributed by atoms with E-state index in [0.717, 1.165) is 6.54 Å². The van der Waals surface area contributed by atoms with Crippen LogP contribution in [0.5, 0.6) is 5.75 Å². The second-order valence-electron chi connectivity index (χ2n) is 6.83. The first-order valence-electron chi connectivity index (χ1n) is 9.42. The number of rotatable bonds is 12. The van der Waals surface area contributed by atoms with Crippen molar-refractivity contribution in [1.29, 1.82) is 0 Å². The van der Waals surface area contributed by atoms with Gasteiger partial charge in [0.15, 0.2) is 0 Å². The first-order chi connectivity index (χ1) is 12.7. The largest absolute Gasteiger partial charge is 0.494 e. The van der Waals surface area contributed by atoms with Gasteiger partial charge in [0, 0.05) is 38.1 Å². The molecule has 0 saturated heterocycles. The Labute approximate surface area is 163 Å². The van der Waals surface area contributed by atoms with Crippen LogP contribution in [0.4, 0.5) is 0 Å². The number of hydrogen-bond donors (Lipinski definition) is 2. The smallest absolute Gasteiger partial charge is 0.240 e. The number of benzene rings is 1. The predicted molar refractivity (Wildman–Crippen MR) is 107 cm³/mol. The molecule has 1 amide bonds. The number of carbonyl (C=O) groups is 1. The third kappa shape index (κ3) is 8.28. The standard InChI is InChI=1S/C19H33N3O4S/c1-6-26-17-7-9-18(10-8-17)27(24,25)21-12-11-19(23)20-13-14-22(15(2)3)16(4)5/h7-10,15-16,21H,6,11-14H2,1-5H3,(H,20,23). The Hall–Kier alpha value is -1.64. The highest BCUT2D eigenvalue weighted by atomic mass is 32.2. The highest BCUT2D eigenvalue weighted by Crippen LogP contribution is 2.15. The normalized spacial score (nSPS) is 12.0. The van der Waals surface area contributed by atoms with Crippen molar-refractivity contribution in [2.45, 2.75) is 58.0 Å². The molecule has 0 unspecified atom stereocenters. The van der Waals surface area contributed by atoms with Gasteiger partial charge in [-0.2, -0.15) is 0 Å². The van der Waals surface area contributed by atoms with Gasteiger partial charge < -0.3 is 10.1 Å². The molecule has 0 radical (unpaired) electrons. The van der Waals surface area contributed by atoms with Crippen molar-refractivity contribution in [2.24, 2.45) is 0 Å². The molecular weight excluding hydrogens is 366 g/mol. The van der Waals surface area contributed by atoms with E-state index in [-0.39, 0.29) is 23.8 Å². The minimum absolute atomic E-state index is 0.0550. The number of sulfonamides is 1. The van der Waals surface area contributed by atoms with Crippen LogP contribution in [0.3, 0.4) is 0 Å². The zero-order chi connectivity index (χ0) is 20.4. The van der Waals surface area contributed by atoms with Crippen LogP contribution in [0.2, 0.25) is 0 Å². The van der Waals surface area contributed by atoms with Crippen molar-refractivity contribution in [1.82, 2.24) is 14.9 Å². The van der Waals surface area contributed by atoms with Crippen molar-refractivity contribution < 1.29 is 17.9 Å². The summed E-state index contributed by atoms with van der Waals surface area (Å²) in [5.41, 5.74) is 0. The van der Waals surface area contributed by atoms with E-state index in [1.807, 2.05) is 6.92 Å². The van der Waals surface area contributed by atoms with Crippen molar-refractivity contribution in [3.63, 3.8) is 0 Å². The van der Waals surface area contributed by atoms with Crippen LogP contribution in [0, 0.1) is 0 Å². The van der Waals surface area contributed by atoms with Crippen molar-refractivity contribution >= 4 is 15.9 Å². The highest BCUT2D eigenvalue weighted by molar-refractivity contribution is 7.89. The third-order valence-electron chi connectivity index (χ3n) is 4.11. The third-order valence-corrected chi connectivity index (χ3v) is 5.58. The molecule has 27 heavy (non-hydrogen) atoms. The summed E-state index contributed by atoms with van der Waals surface area (Å²) in [6.07, 6.45) is 0.0968. The molecule has 2 N–H and O–H groups in total. The maximum atomic E-state index is 12.2. The van der Waals surface area contributed by atoms with Gasteiger partial charge in [0.1, 0.15) is 5.75 Å². The molecule has 0 aromatic heterocycles. The van der Waals surface area contributed by atoms with E-state index in [1.165, 1.54) is 12.1 Å². The minimum Gasteiger partial charge on any atom is -0.494 e. The van der Waals surface area contributed by atoms with Crippen LogP contribution in [0.25, 0.3) is 0 Å². The fraction of sp³-hybridized carbons (Fsp3) is 0.632. The maximum absolute atomic E-state index is 12.2. The Morgan fingerprint density at radius 3 is 2.19 bits per heavy atom. The lowest BCUT2D eigenvalue weighted by atomic mass is 10.2. The van der Waals surface area contributed by atoms with E-state index in [4.69, 9.17) is 4.74 Å². The molecule has 7 nitrogen and oxygen atoms in total. The molecule has 0 spiro atoms. The van der Waals surface area contributed by atoms with Gasteiger partial charge in [0.05, 0.1) is 11.5 Å². The average Bonchev–Trinajstić information content (AvgIpc) is 2.58. The zero-order valence-corrected chi connectivity index (χ0v) is 17.8. The monoisotopic (exact) mass is 399 g/mol. The molecule has 154 valence electrons. The number of amides is 1. The van der Waals surface area contributed by atoms with E-state index in [0.29, 0.717) is 31.0 Å². The fourth-order valence-electron chi connectivity index (χ4n) is 2.79. The van der Waals surface area contributed by atoms with Gasteiger partial charge in [-0.1, -0.05) is 0 Å². The van der Waals surface area contributed by atoms with Gasteiger partial charge in [-0.15, -0.1) is 0 Å². The first kappa shape index (κ1) is 23.4. The Kier molecular flexibility index (Phi) is 9.76. The van der Waals surface area contributed by atoms with Crippen molar-refractivity contribution in [3.05, 3.63) is 24.3 Å². The summed E-state index contributed by atoms with van der Waals surface area (Å²) in [4.78, 5) is 14.4. The van der Waals surface area contributed by atoms with E-state index in [2.05, 4.69) is 42.6 Å². The molecule has 0 saturated carbocycles. The van der Waals surface area contributed by atoms with Gasteiger partial charge >= 0.3 is 0 Å². The van der Waals surface area contributed by atoms with Gasteiger partial charge in [0.25, 0.3) is 0 Å². The molecule has 1 aromatic carbocycles. The molecule has 0 bridgehead atoms. The SMILES string of the molecule is CCOc1ccc(S(=O)(=O)NCCC(=O)NCCN(C(C)C)C(C)C)cc1. The Balaban J connectivity index is 2.39. The molecule has 0 heterocycles. The summed E-state index contributed by atoms with van der Waals surface area (Å²) < 4.78 is 32.2. The Bertz CT molecular complexity index is 665. The zero-order valence-electron chi connectivity index (χ0n) is 17.0. The van der Waals surface area contributed by atoms with E-state index >= 15 is 0 Å². The fourth-order valence-corrected chi connectivity index (χ4v) is 3.82. The molecule has 0 aliphatic heterocycles. The van der Waals surface area contributed by atoms with E-state index in [9.17, 15) is 13.2 Å². The van der Waals surface area contributed by atoms with Gasteiger partial charge in [-0.05, 0) is 58.9 Å². The number of carbonyl (C=O) groups excluding carboxylic acids is 1. The predicted octanol–water partition coefficient (Wildman–Crippen LogP) is 1.99. The van der Waals surface area contributed by atoms with Crippen LogP contribution in [0.15, 0.2) is 29.2 Å². The van der Waals surface area contributed by atoms with E-state index < -0.39 is 10.0 Å².